The molecule has 7 heteroatoms. The topological polar surface area (TPSA) is 49.8 Å². The van der Waals surface area contributed by atoms with E-state index in [1.807, 2.05) is 4.90 Å². The van der Waals surface area contributed by atoms with Gasteiger partial charge < -0.3 is 14.7 Å². The van der Waals surface area contributed by atoms with Crippen molar-refractivity contribution in [3.63, 3.8) is 0 Å². The van der Waals surface area contributed by atoms with Crippen LogP contribution in [-0.4, -0.2) is 40.7 Å². The van der Waals surface area contributed by atoms with Crippen molar-refractivity contribution in [2.45, 2.75) is 70.3 Å². The highest BCUT2D eigenvalue weighted by molar-refractivity contribution is 5.81. The van der Waals surface area contributed by atoms with E-state index < -0.39 is 17.3 Å². The number of carbonyl (C=O) groups is 1. The van der Waals surface area contributed by atoms with E-state index in [2.05, 4.69) is 0 Å². The van der Waals surface area contributed by atoms with Gasteiger partial charge in [-0.3, -0.25) is 4.79 Å². The Morgan fingerprint density at radius 1 is 1.21 bits per heavy atom. The third-order valence-corrected chi connectivity index (χ3v) is 6.87. The highest BCUT2D eigenvalue weighted by atomic mass is 19.4. The van der Waals surface area contributed by atoms with Crippen molar-refractivity contribution in [1.29, 1.82) is 0 Å². The maximum atomic E-state index is 12.8. The monoisotopic (exact) mass is 411 g/mol. The van der Waals surface area contributed by atoms with Crippen LogP contribution in [0.25, 0.3) is 0 Å². The van der Waals surface area contributed by atoms with Gasteiger partial charge in [0.25, 0.3) is 0 Å². The summed E-state index contributed by atoms with van der Waals surface area (Å²) in [6.07, 6.45) is 0.384. The Balaban J connectivity index is 1.26. The first kappa shape index (κ1) is 20.5. The number of nitrogens with zero attached hydrogens (tertiary/aromatic N) is 1. The van der Waals surface area contributed by atoms with E-state index in [0.29, 0.717) is 24.2 Å². The molecule has 1 N–H and O–H groups in total. The molecule has 0 bridgehead atoms. The molecule has 0 aromatic heterocycles. The van der Waals surface area contributed by atoms with E-state index in [1.165, 1.54) is 6.07 Å². The molecule has 1 aromatic carbocycles. The largest absolute Gasteiger partial charge is 0.490 e. The van der Waals surface area contributed by atoms with E-state index in [-0.39, 0.29) is 23.3 Å². The molecule has 4 rings (SSSR count). The third kappa shape index (κ3) is 4.11. The van der Waals surface area contributed by atoms with Crippen LogP contribution in [0.3, 0.4) is 0 Å². The van der Waals surface area contributed by atoms with E-state index in [1.54, 1.807) is 13.8 Å². The first-order valence-corrected chi connectivity index (χ1v) is 10.3. The van der Waals surface area contributed by atoms with E-state index in [9.17, 15) is 23.1 Å². The fraction of sp³-hybridized carbons (Fsp3) is 0.682. The average molecular weight is 411 g/mol. The number of aryl methyl sites for hydroxylation is 1. The summed E-state index contributed by atoms with van der Waals surface area (Å²) >= 11 is 0. The molecular formula is C22H28F3NO3. The number of likely N-dealkylation sites (tertiary alicyclic amines) is 1. The van der Waals surface area contributed by atoms with Gasteiger partial charge in [0.15, 0.2) is 0 Å². The number of benzene rings is 1. The summed E-state index contributed by atoms with van der Waals surface area (Å²) in [5, 5.41) is 9.83. The molecule has 1 aliphatic heterocycles. The van der Waals surface area contributed by atoms with Crippen molar-refractivity contribution in [3.05, 3.63) is 29.3 Å². The van der Waals surface area contributed by atoms with Gasteiger partial charge in [0.05, 0.1) is 17.3 Å². The SMILES string of the molecule is Cc1cc(C(F)(F)F)ccc1OC1CCC2(CC1)CN(C(=O)[C@H]1C[C@@](C)(O)C1)C2. The first-order valence-electron chi connectivity index (χ1n) is 10.3. The molecule has 1 saturated heterocycles. The number of rotatable bonds is 3. The zero-order chi connectivity index (χ0) is 21.0. The van der Waals surface area contributed by atoms with Crippen LogP contribution in [0.2, 0.25) is 0 Å². The van der Waals surface area contributed by atoms with Crippen LogP contribution < -0.4 is 4.74 Å². The van der Waals surface area contributed by atoms with Gasteiger partial charge in [-0.25, -0.2) is 0 Å². The van der Waals surface area contributed by atoms with Crippen LogP contribution in [0.4, 0.5) is 13.2 Å². The minimum atomic E-state index is -4.34. The van der Waals surface area contributed by atoms with Gasteiger partial charge in [-0.1, -0.05) is 0 Å². The highest BCUT2D eigenvalue weighted by Gasteiger charge is 2.51. The Hall–Kier alpha value is -1.76. The minimum absolute atomic E-state index is 0.00235. The summed E-state index contributed by atoms with van der Waals surface area (Å²) in [6.45, 7) is 4.96. The standard InChI is InChI=1S/C22H28F3NO3/c1-14-9-16(22(23,24)25)3-4-18(14)29-17-5-7-21(8-6-17)12-26(13-21)19(27)15-10-20(2,28)11-15/h3-4,9,15,17,28H,5-8,10-13H2,1-2H3/t15-,20+. The predicted octanol–water partition coefficient (Wildman–Crippen LogP) is 4.32. The number of carbonyl (C=O) groups excluding carboxylic acids is 1. The Morgan fingerprint density at radius 2 is 1.83 bits per heavy atom. The molecule has 1 heterocycles. The normalized spacial score (nSPS) is 29.3. The molecular weight excluding hydrogens is 383 g/mol. The fourth-order valence-corrected chi connectivity index (χ4v) is 5.13. The Morgan fingerprint density at radius 3 is 2.34 bits per heavy atom. The van der Waals surface area contributed by atoms with Crippen LogP contribution in [0.1, 0.15) is 56.6 Å². The Kier molecular flexibility index (Phi) is 4.88. The van der Waals surface area contributed by atoms with Crippen molar-refractivity contribution >= 4 is 5.91 Å². The summed E-state index contributed by atoms with van der Waals surface area (Å²) in [7, 11) is 0. The van der Waals surface area contributed by atoms with Crippen molar-refractivity contribution in [3.8, 4) is 5.75 Å². The number of alkyl halides is 3. The lowest BCUT2D eigenvalue weighted by Crippen LogP contribution is -2.63. The molecule has 2 aliphatic carbocycles. The van der Waals surface area contributed by atoms with Crippen molar-refractivity contribution in [2.75, 3.05) is 13.1 Å². The smallest absolute Gasteiger partial charge is 0.416 e. The molecule has 3 fully saturated rings. The fourth-order valence-electron chi connectivity index (χ4n) is 5.13. The molecule has 1 spiro atoms. The van der Waals surface area contributed by atoms with Gasteiger partial charge in [-0.05, 0) is 76.1 Å². The molecule has 0 atom stereocenters. The predicted molar refractivity (Wildman–Crippen MR) is 101 cm³/mol. The lowest BCUT2D eigenvalue weighted by molar-refractivity contribution is -0.164. The van der Waals surface area contributed by atoms with E-state index >= 15 is 0 Å². The third-order valence-electron chi connectivity index (χ3n) is 6.87. The van der Waals surface area contributed by atoms with Crippen LogP contribution in [0.5, 0.6) is 5.75 Å². The molecule has 1 aromatic rings. The first-order chi connectivity index (χ1) is 13.5. The second kappa shape index (κ2) is 6.89. The van der Waals surface area contributed by atoms with Crippen LogP contribution in [-0.2, 0) is 11.0 Å². The lowest BCUT2D eigenvalue weighted by atomic mass is 9.66. The second-order valence-electron chi connectivity index (χ2n) is 9.59. The van der Waals surface area contributed by atoms with Crippen molar-refractivity contribution in [1.82, 2.24) is 4.90 Å². The maximum Gasteiger partial charge on any atom is 0.416 e. The summed E-state index contributed by atoms with van der Waals surface area (Å²) in [5.74, 6) is 0.645. The Bertz CT molecular complexity index is 781. The average Bonchev–Trinajstić information content (AvgIpc) is 2.58. The van der Waals surface area contributed by atoms with Crippen molar-refractivity contribution < 1.29 is 27.8 Å². The van der Waals surface area contributed by atoms with Gasteiger partial charge in [-0.15, -0.1) is 0 Å². The summed E-state index contributed by atoms with van der Waals surface area (Å²) in [5.41, 5.74) is -0.680. The number of amides is 1. The minimum Gasteiger partial charge on any atom is -0.490 e. The molecule has 0 unspecified atom stereocenters. The van der Waals surface area contributed by atoms with Crippen LogP contribution >= 0.6 is 0 Å². The van der Waals surface area contributed by atoms with Gasteiger partial charge in [0.2, 0.25) is 5.91 Å². The number of aliphatic hydroxyl groups is 1. The summed E-state index contributed by atoms with van der Waals surface area (Å²) in [6, 6.07) is 3.62. The zero-order valence-corrected chi connectivity index (χ0v) is 16.9. The molecule has 160 valence electrons. The lowest BCUT2D eigenvalue weighted by Gasteiger charge is -2.55. The maximum absolute atomic E-state index is 12.8. The van der Waals surface area contributed by atoms with Gasteiger partial charge in [-0.2, -0.15) is 13.2 Å². The van der Waals surface area contributed by atoms with Crippen LogP contribution in [0, 0.1) is 18.3 Å². The summed E-state index contributed by atoms with van der Waals surface area (Å²) < 4.78 is 44.4. The van der Waals surface area contributed by atoms with Gasteiger partial charge >= 0.3 is 6.18 Å². The van der Waals surface area contributed by atoms with Gasteiger partial charge in [0.1, 0.15) is 5.75 Å². The van der Waals surface area contributed by atoms with Crippen LogP contribution in [0.15, 0.2) is 18.2 Å². The molecule has 3 aliphatic rings. The molecule has 1 amide bonds. The highest BCUT2D eigenvalue weighted by Crippen LogP contribution is 2.47. The molecule has 0 radical (unpaired) electrons. The van der Waals surface area contributed by atoms with Crippen molar-refractivity contribution in [2.24, 2.45) is 11.3 Å². The number of ether oxygens (including phenoxy) is 1. The molecule has 4 nitrogen and oxygen atoms in total. The number of halogens is 3. The second-order valence-corrected chi connectivity index (χ2v) is 9.59. The molecule has 29 heavy (non-hydrogen) atoms. The molecule has 2 saturated carbocycles. The summed E-state index contributed by atoms with van der Waals surface area (Å²) in [4.78, 5) is 14.4. The van der Waals surface area contributed by atoms with Gasteiger partial charge in [0, 0.05) is 24.4 Å². The number of hydrogen-bond acceptors (Lipinski definition) is 3. The quantitative estimate of drug-likeness (QED) is 0.806. The van der Waals surface area contributed by atoms with E-state index in [0.717, 1.165) is 50.9 Å². The number of hydrogen-bond donors (Lipinski definition) is 1. The van der Waals surface area contributed by atoms with E-state index in [4.69, 9.17) is 4.74 Å². The zero-order valence-electron chi connectivity index (χ0n) is 16.9. The Labute approximate surface area is 169 Å².